The Morgan fingerprint density at radius 1 is 1.13 bits per heavy atom. The Hall–Kier alpha value is -3.42. The standard InChI is InChI=1S/C29H37N7O3/c30-12-8-23-19-34(16-17-36(23)28(37)38-20-22-6-2-1-3-7-22)26-24-9-13-31-18-25(24)32-27(33-26)39-21-29(10-11-29)35-14-4-5-15-35/h1-3,6-7,23,31H,4-5,8-11,13-21H2/t23-/m0/s1. The van der Waals surface area contributed by atoms with Gasteiger partial charge < -0.3 is 24.6 Å². The highest BCUT2D eigenvalue weighted by Crippen LogP contribution is 2.43. The molecule has 1 saturated carbocycles. The first kappa shape index (κ1) is 25.8. The Morgan fingerprint density at radius 3 is 2.72 bits per heavy atom. The number of aromatic nitrogens is 2. The molecule has 1 atom stereocenters. The molecule has 1 aromatic carbocycles. The Kier molecular flexibility index (Phi) is 7.53. The number of hydrogen-bond donors (Lipinski definition) is 1. The maximum Gasteiger partial charge on any atom is 0.410 e. The van der Waals surface area contributed by atoms with E-state index in [2.05, 4.69) is 21.2 Å². The molecule has 0 spiro atoms. The van der Waals surface area contributed by atoms with Gasteiger partial charge in [0.15, 0.2) is 0 Å². The molecular weight excluding hydrogens is 494 g/mol. The molecule has 3 fully saturated rings. The lowest BCUT2D eigenvalue weighted by atomic mass is 10.0. The molecule has 39 heavy (non-hydrogen) atoms. The third kappa shape index (κ3) is 5.65. The minimum Gasteiger partial charge on any atom is -0.461 e. The lowest BCUT2D eigenvalue weighted by Gasteiger charge is -2.41. The van der Waals surface area contributed by atoms with Crippen molar-refractivity contribution in [3.8, 4) is 12.1 Å². The fourth-order valence-corrected chi connectivity index (χ4v) is 6.10. The molecule has 1 aliphatic carbocycles. The number of likely N-dealkylation sites (tertiary alicyclic amines) is 1. The van der Waals surface area contributed by atoms with Crippen molar-refractivity contribution in [1.82, 2.24) is 25.1 Å². The molecule has 1 aromatic heterocycles. The smallest absolute Gasteiger partial charge is 0.410 e. The van der Waals surface area contributed by atoms with E-state index in [4.69, 9.17) is 19.4 Å². The number of amides is 1. The summed E-state index contributed by atoms with van der Waals surface area (Å²) >= 11 is 0. The molecule has 0 radical (unpaired) electrons. The average Bonchev–Trinajstić information content (AvgIpc) is 3.56. The number of nitriles is 1. The van der Waals surface area contributed by atoms with E-state index in [1.165, 1.54) is 25.7 Å². The monoisotopic (exact) mass is 531 g/mol. The van der Waals surface area contributed by atoms with Crippen LogP contribution in [0.4, 0.5) is 10.6 Å². The largest absolute Gasteiger partial charge is 0.461 e. The summed E-state index contributed by atoms with van der Waals surface area (Å²) in [4.78, 5) is 29.2. The Labute approximate surface area is 229 Å². The van der Waals surface area contributed by atoms with Gasteiger partial charge in [-0.2, -0.15) is 15.2 Å². The van der Waals surface area contributed by atoms with Crippen molar-refractivity contribution in [3.63, 3.8) is 0 Å². The number of carbonyl (C=O) groups is 1. The van der Waals surface area contributed by atoms with Crippen LogP contribution in [0.5, 0.6) is 6.01 Å². The number of benzene rings is 1. The quantitative estimate of drug-likeness (QED) is 0.550. The van der Waals surface area contributed by atoms with E-state index in [1.54, 1.807) is 4.90 Å². The van der Waals surface area contributed by atoms with Crippen molar-refractivity contribution < 1.29 is 14.3 Å². The molecule has 4 heterocycles. The molecule has 0 unspecified atom stereocenters. The summed E-state index contributed by atoms with van der Waals surface area (Å²) in [7, 11) is 0. The van der Waals surface area contributed by atoms with E-state index in [0.717, 1.165) is 48.7 Å². The summed E-state index contributed by atoms with van der Waals surface area (Å²) in [6, 6.07) is 12.1. The van der Waals surface area contributed by atoms with Gasteiger partial charge in [0.25, 0.3) is 0 Å². The van der Waals surface area contributed by atoms with Crippen LogP contribution in [0, 0.1) is 11.3 Å². The molecular formula is C29H37N7O3. The van der Waals surface area contributed by atoms with Gasteiger partial charge in [-0.1, -0.05) is 30.3 Å². The van der Waals surface area contributed by atoms with Gasteiger partial charge in [-0.15, -0.1) is 0 Å². The summed E-state index contributed by atoms with van der Waals surface area (Å²) in [6.07, 6.45) is 5.56. The van der Waals surface area contributed by atoms with Gasteiger partial charge >= 0.3 is 12.1 Å². The molecule has 206 valence electrons. The zero-order chi connectivity index (χ0) is 26.7. The van der Waals surface area contributed by atoms with Crippen molar-refractivity contribution >= 4 is 11.9 Å². The van der Waals surface area contributed by atoms with E-state index >= 15 is 0 Å². The third-order valence-corrected chi connectivity index (χ3v) is 8.52. The summed E-state index contributed by atoms with van der Waals surface area (Å²) in [6.45, 7) is 6.29. The number of nitrogens with zero attached hydrogens (tertiary/aromatic N) is 6. The number of rotatable bonds is 8. The first-order valence-corrected chi connectivity index (χ1v) is 14.2. The number of fused-ring (bicyclic) bond motifs is 1. The summed E-state index contributed by atoms with van der Waals surface area (Å²) in [5.41, 5.74) is 3.21. The number of ether oxygens (including phenoxy) is 2. The van der Waals surface area contributed by atoms with Gasteiger partial charge in [-0.25, -0.2) is 4.79 Å². The van der Waals surface area contributed by atoms with Crippen molar-refractivity contribution in [2.45, 2.75) is 63.3 Å². The molecule has 1 N–H and O–H groups in total. The number of piperazine rings is 1. The third-order valence-electron chi connectivity index (χ3n) is 8.52. The molecule has 2 aromatic rings. The van der Waals surface area contributed by atoms with Crippen molar-refractivity contribution in [2.75, 3.05) is 50.8 Å². The van der Waals surface area contributed by atoms with Crippen LogP contribution in [-0.4, -0.2) is 83.3 Å². The molecule has 3 aliphatic heterocycles. The van der Waals surface area contributed by atoms with E-state index in [0.29, 0.717) is 38.8 Å². The lowest BCUT2D eigenvalue weighted by Crippen LogP contribution is -2.55. The van der Waals surface area contributed by atoms with Crippen LogP contribution >= 0.6 is 0 Å². The first-order chi connectivity index (χ1) is 19.1. The second-order valence-electron chi connectivity index (χ2n) is 11.1. The van der Waals surface area contributed by atoms with Crippen molar-refractivity contribution in [3.05, 3.63) is 47.2 Å². The fourth-order valence-electron chi connectivity index (χ4n) is 6.10. The summed E-state index contributed by atoms with van der Waals surface area (Å²) in [5, 5.41) is 13.0. The zero-order valence-corrected chi connectivity index (χ0v) is 22.5. The predicted octanol–water partition coefficient (Wildman–Crippen LogP) is 2.87. The van der Waals surface area contributed by atoms with Crippen LogP contribution in [0.25, 0.3) is 0 Å². The van der Waals surface area contributed by atoms with E-state index < -0.39 is 0 Å². The fraction of sp³-hybridized carbons (Fsp3) is 0.586. The lowest BCUT2D eigenvalue weighted by molar-refractivity contribution is 0.0767. The Balaban J connectivity index is 1.16. The topological polar surface area (TPSA) is 107 Å². The van der Waals surface area contributed by atoms with Gasteiger partial charge in [0.1, 0.15) is 19.0 Å². The van der Waals surface area contributed by atoms with Gasteiger partial charge in [-0.3, -0.25) is 4.90 Å². The second kappa shape index (κ2) is 11.4. The average molecular weight is 532 g/mol. The van der Waals surface area contributed by atoms with Crippen LogP contribution in [0.1, 0.15) is 48.9 Å². The normalized spacial score (nSPS) is 22.2. The highest BCUT2D eigenvalue weighted by molar-refractivity contribution is 5.69. The zero-order valence-electron chi connectivity index (χ0n) is 22.5. The van der Waals surface area contributed by atoms with Crippen LogP contribution in [0.15, 0.2) is 30.3 Å². The maximum atomic E-state index is 13.0. The van der Waals surface area contributed by atoms with E-state index in [1.807, 2.05) is 30.3 Å². The van der Waals surface area contributed by atoms with Crippen LogP contribution in [-0.2, 0) is 24.3 Å². The maximum absolute atomic E-state index is 13.0. The molecule has 0 bridgehead atoms. The number of anilines is 1. The Morgan fingerprint density at radius 2 is 1.95 bits per heavy atom. The predicted molar refractivity (Wildman–Crippen MR) is 145 cm³/mol. The van der Waals surface area contributed by atoms with Gasteiger partial charge in [-0.05, 0) is 57.3 Å². The van der Waals surface area contributed by atoms with Crippen molar-refractivity contribution in [2.24, 2.45) is 0 Å². The highest BCUT2D eigenvalue weighted by atomic mass is 16.6. The number of nitrogens with one attached hydrogen (secondary N) is 1. The molecule has 10 heteroatoms. The molecule has 4 aliphatic rings. The Bertz CT molecular complexity index is 1210. The van der Waals surface area contributed by atoms with Gasteiger partial charge in [0, 0.05) is 31.7 Å². The van der Waals surface area contributed by atoms with Crippen molar-refractivity contribution in [1.29, 1.82) is 5.26 Å². The first-order valence-electron chi connectivity index (χ1n) is 14.2. The SMILES string of the molecule is N#CC[C@H]1CN(c2nc(OCC3(N4CCCC4)CC3)nc3c2CCNC3)CCN1C(=O)OCc1ccccc1. The minimum absolute atomic E-state index is 0.151. The second-order valence-corrected chi connectivity index (χ2v) is 11.1. The van der Waals surface area contributed by atoms with Gasteiger partial charge in [0.2, 0.25) is 0 Å². The van der Waals surface area contributed by atoms with E-state index in [9.17, 15) is 10.1 Å². The number of hydrogen-bond acceptors (Lipinski definition) is 9. The minimum atomic E-state index is -0.381. The van der Waals surface area contributed by atoms with Crippen LogP contribution < -0.4 is 15.0 Å². The number of carbonyl (C=O) groups excluding carboxylic acids is 1. The highest BCUT2D eigenvalue weighted by Gasteiger charge is 2.49. The molecule has 1 amide bonds. The van der Waals surface area contributed by atoms with Crippen LogP contribution in [0.2, 0.25) is 0 Å². The molecule has 2 saturated heterocycles. The van der Waals surface area contributed by atoms with Gasteiger partial charge in [0.05, 0.1) is 29.8 Å². The summed E-state index contributed by atoms with van der Waals surface area (Å²) < 4.78 is 11.9. The van der Waals surface area contributed by atoms with E-state index in [-0.39, 0.29) is 30.7 Å². The molecule has 10 nitrogen and oxygen atoms in total. The van der Waals surface area contributed by atoms with Crippen LogP contribution in [0.3, 0.4) is 0 Å². The molecule has 6 rings (SSSR count). The summed E-state index contributed by atoms with van der Waals surface area (Å²) in [5.74, 6) is 0.878.